The number of para-hydroxylation sites is 1. The summed E-state index contributed by atoms with van der Waals surface area (Å²) in [5, 5.41) is 17.7. The number of hydrogen-bond acceptors (Lipinski definition) is 8. The molecule has 0 bridgehead atoms. The first kappa shape index (κ1) is 25.0. The zero-order valence-electron chi connectivity index (χ0n) is 20.4. The minimum atomic E-state index is -0.722. The number of halogens is 2. The van der Waals surface area contributed by atoms with Crippen molar-refractivity contribution in [2.45, 2.75) is 13.5 Å². The van der Waals surface area contributed by atoms with Gasteiger partial charge in [-0.3, -0.25) is 9.67 Å². The molecule has 0 saturated heterocycles. The smallest absolute Gasteiger partial charge is 0.183 e. The number of fused-ring (bicyclic) bond motifs is 1. The molecule has 0 saturated carbocycles. The second-order valence-corrected chi connectivity index (χ2v) is 8.16. The van der Waals surface area contributed by atoms with E-state index < -0.39 is 11.6 Å². The van der Waals surface area contributed by atoms with E-state index in [0.717, 1.165) is 5.69 Å². The summed E-state index contributed by atoms with van der Waals surface area (Å²) in [6, 6.07) is 13.2. The van der Waals surface area contributed by atoms with Crippen LogP contribution in [-0.2, 0) is 6.54 Å². The molecule has 0 atom stereocenters. The summed E-state index contributed by atoms with van der Waals surface area (Å²) in [5.74, 6) is -0.345. The third-order valence-electron chi connectivity index (χ3n) is 5.65. The van der Waals surface area contributed by atoms with Crippen molar-refractivity contribution in [3.05, 3.63) is 84.3 Å². The molecule has 5 aromatic rings. The number of nitrogens with one attached hydrogen (secondary N) is 1. The molecule has 194 valence electrons. The number of aliphatic hydroxyl groups excluding tert-OH is 1. The van der Waals surface area contributed by atoms with Crippen LogP contribution in [0.5, 0.6) is 11.5 Å². The van der Waals surface area contributed by atoms with Crippen LogP contribution in [0.15, 0.2) is 67.1 Å². The van der Waals surface area contributed by atoms with Gasteiger partial charge in [0.05, 0.1) is 31.5 Å². The van der Waals surface area contributed by atoms with Crippen LogP contribution in [-0.4, -0.2) is 49.7 Å². The normalized spacial score (nSPS) is 11.1. The van der Waals surface area contributed by atoms with Gasteiger partial charge in [-0.15, -0.1) is 0 Å². The van der Waals surface area contributed by atoms with Crippen molar-refractivity contribution in [3.63, 3.8) is 0 Å². The molecule has 0 unspecified atom stereocenters. The van der Waals surface area contributed by atoms with Crippen molar-refractivity contribution < 1.29 is 23.4 Å². The maximum atomic E-state index is 14.8. The topological polar surface area (TPSA) is 107 Å². The molecule has 3 heterocycles. The summed E-state index contributed by atoms with van der Waals surface area (Å²) < 4.78 is 42.0. The number of ether oxygens (including phenoxy) is 2. The molecule has 0 amide bonds. The first-order valence-electron chi connectivity index (χ1n) is 11.9. The van der Waals surface area contributed by atoms with E-state index in [4.69, 9.17) is 9.47 Å². The molecular weight excluding hydrogens is 494 g/mol. The number of aromatic nitrogens is 5. The van der Waals surface area contributed by atoms with Gasteiger partial charge in [-0.1, -0.05) is 18.2 Å². The number of aliphatic hydroxyl groups is 1. The van der Waals surface area contributed by atoms with E-state index in [-0.39, 0.29) is 36.9 Å². The first-order chi connectivity index (χ1) is 18.6. The maximum absolute atomic E-state index is 14.8. The minimum Gasteiger partial charge on any atom is -0.494 e. The van der Waals surface area contributed by atoms with Crippen LogP contribution >= 0.6 is 0 Å². The zero-order valence-corrected chi connectivity index (χ0v) is 20.4. The lowest BCUT2D eigenvalue weighted by Crippen LogP contribution is -2.08. The van der Waals surface area contributed by atoms with Gasteiger partial charge in [0, 0.05) is 41.2 Å². The second-order valence-electron chi connectivity index (χ2n) is 8.16. The quantitative estimate of drug-likeness (QED) is 0.273. The van der Waals surface area contributed by atoms with E-state index in [9.17, 15) is 13.9 Å². The standard InChI is InChI=1S/C27H24F2N6O3/c1-2-37-18-13-21(28)20(22(29)14-18)16-35-23-6-4-3-5-19(23)25(34-35)27-31-15-24(38-12-11-36)26(33-27)32-17-7-9-30-10-8-17/h3-10,13-15,36H,2,11-12,16H2,1H3,(H,30,31,32,33). The van der Waals surface area contributed by atoms with Gasteiger partial charge in [-0.25, -0.2) is 18.7 Å². The molecule has 0 fully saturated rings. The molecule has 2 aromatic carbocycles. The molecule has 2 N–H and O–H groups in total. The van der Waals surface area contributed by atoms with E-state index in [0.29, 0.717) is 34.8 Å². The molecule has 11 heteroatoms. The van der Waals surface area contributed by atoms with E-state index in [1.165, 1.54) is 23.0 Å². The summed E-state index contributed by atoms with van der Waals surface area (Å²) in [5.41, 5.74) is 1.67. The van der Waals surface area contributed by atoms with Crippen LogP contribution < -0.4 is 14.8 Å². The second kappa shape index (κ2) is 11.2. The molecule has 0 radical (unpaired) electrons. The molecule has 0 aliphatic heterocycles. The number of anilines is 2. The van der Waals surface area contributed by atoms with Gasteiger partial charge in [0.25, 0.3) is 0 Å². The van der Waals surface area contributed by atoms with Gasteiger partial charge in [0.1, 0.15) is 29.7 Å². The highest BCUT2D eigenvalue weighted by atomic mass is 19.1. The Morgan fingerprint density at radius 2 is 1.79 bits per heavy atom. The van der Waals surface area contributed by atoms with Crippen molar-refractivity contribution in [1.29, 1.82) is 0 Å². The van der Waals surface area contributed by atoms with Crippen molar-refractivity contribution >= 4 is 22.4 Å². The molecule has 0 aliphatic carbocycles. The zero-order chi connectivity index (χ0) is 26.5. The molecule has 9 nitrogen and oxygen atoms in total. The predicted octanol–water partition coefficient (Wildman–Crippen LogP) is 4.73. The van der Waals surface area contributed by atoms with Gasteiger partial charge in [-0.2, -0.15) is 5.10 Å². The molecule has 5 rings (SSSR count). The summed E-state index contributed by atoms with van der Waals surface area (Å²) in [4.78, 5) is 13.1. The number of nitrogens with zero attached hydrogens (tertiary/aromatic N) is 5. The Hall–Kier alpha value is -4.64. The average Bonchev–Trinajstić information content (AvgIpc) is 3.29. The lowest BCUT2D eigenvalue weighted by molar-refractivity contribution is 0.201. The highest BCUT2D eigenvalue weighted by Gasteiger charge is 2.20. The fourth-order valence-electron chi connectivity index (χ4n) is 3.95. The van der Waals surface area contributed by atoms with Crippen LogP contribution in [0.1, 0.15) is 12.5 Å². The Bertz CT molecular complexity index is 1540. The van der Waals surface area contributed by atoms with Crippen molar-refractivity contribution in [2.24, 2.45) is 0 Å². The predicted molar refractivity (Wildman–Crippen MR) is 137 cm³/mol. The fourth-order valence-corrected chi connectivity index (χ4v) is 3.95. The summed E-state index contributed by atoms with van der Waals surface area (Å²) in [6.45, 7) is 1.78. The number of hydrogen-bond donors (Lipinski definition) is 2. The Labute approximate surface area is 216 Å². The summed E-state index contributed by atoms with van der Waals surface area (Å²) in [7, 11) is 0. The van der Waals surface area contributed by atoms with Crippen LogP contribution in [0.3, 0.4) is 0 Å². The maximum Gasteiger partial charge on any atom is 0.183 e. The number of benzene rings is 2. The SMILES string of the molecule is CCOc1cc(F)c(Cn2nc(-c3ncc(OCCO)c(Nc4ccncc4)n3)c3ccccc32)c(F)c1. The summed E-state index contributed by atoms with van der Waals surface area (Å²) in [6.07, 6.45) is 4.75. The monoisotopic (exact) mass is 518 g/mol. The number of pyridine rings is 1. The van der Waals surface area contributed by atoms with Crippen LogP contribution in [0.2, 0.25) is 0 Å². The third-order valence-corrected chi connectivity index (χ3v) is 5.65. The molecule has 0 aliphatic rings. The van der Waals surface area contributed by atoms with Gasteiger partial charge in [0.15, 0.2) is 17.4 Å². The molecular formula is C27H24F2N6O3. The van der Waals surface area contributed by atoms with Crippen LogP contribution in [0.4, 0.5) is 20.3 Å². The van der Waals surface area contributed by atoms with Gasteiger partial charge < -0.3 is 19.9 Å². The van der Waals surface area contributed by atoms with Crippen LogP contribution in [0.25, 0.3) is 22.4 Å². The van der Waals surface area contributed by atoms with E-state index in [2.05, 4.69) is 25.4 Å². The third kappa shape index (κ3) is 5.23. The molecule has 3 aromatic heterocycles. The Kier molecular flexibility index (Phi) is 7.36. The largest absolute Gasteiger partial charge is 0.494 e. The Morgan fingerprint density at radius 1 is 1.03 bits per heavy atom. The van der Waals surface area contributed by atoms with Gasteiger partial charge >= 0.3 is 0 Å². The van der Waals surface area contributed by atoms with E-state index in [1.807, 2.05) is 24.3 Å². The summed E-state index contributed by atoms with van der Waals surface area (Å²) >= 11 is 0. The highest BCUT2D eigenvalue weighted by molar-refractivity contribution is 5.92. The fraction of sp³-hybridized carbons (Fsp3) is 0.185. The van der Waals surface area contributed by atoms with Crippen LogP contribution in [0, 0.1) is 11.6 Å². The highest BCUT2D eigenvalue weighted by Crippen LogP contribution is 2.32. The average molecular weight is 519 g/mol. The van der Waals surface area contributed by atoms with Crippen molar-refractivity contribution in [3.8, 4) is 23.0 Å². The lowest BCUT2D eigenvalue weighted by Gasteiger charge is -2.12. The lowest BCUT2D eigenvalue weighted by atomic mass is 10.1. The Morgan fingerprint density at radius 3 is 2.53 bits per heavy atom. The van der Waals surface area contributed by atoms with Crippen molar-refractivity contribution in [2.75, 3.05) is 25.1 Å². The van der Waals surface area contributed by atoms with Gasteiger partial charge in [0.2, 0.25) is 0 Å². The molecule has 0 spiro atoms. The van der Waals surface area contributed by atoms with Crippen molar-refractivity contribution in [1.82, 2.24) is 24.7 Å². The number of rotatable bonds is 10. The van der Waals surface area contributed by atoms with E-state index in [1.54, 1.807) is 31.5 Å². The van der Waals surface area contributed by atoms with Gasteiger partial charge in [-0.05, 0) is 25.1 Å². The molecule has 38 heavy (non-hydrogen) atoms. The Balaban J connectivity index is 1.56. The first-order valence-corrected chi connectivity index (χ1v) is 11.9. The minimum absolute atomic E-state index is 0.0600. The van der Waals surface area contributed by atoms with E-state index >= 15 is 0 Å².